The zero-order valence-electron chi connectivity index (χ0n) is 13.7. The minimum Gasteiger partial charge on any atom is -0.469 e. The van der Waals surface area contributed by atoms with Crippen LogP contribution in [0, 0.1) is 6.92 Å². The fourth-order valence-corrected chi connectivity index (χ4v) is 4.32. The van der Waals surface area contributed by atoms with Gasteiger partial charge in [-0.2, -0.15) is 0 Å². The van der Waals surface area contributed by atoms with Crippen molar-refractivity contribution in [2.24, 2.45) is 0 Å². The molecule has 24 heavy (non-hydrogen) atoms. The Morgan fingerprint density at radius 2 is 1.83 bits per heavy atom. The van der Waals surface area contributed by atoms with Crippen molar-refractivity contribution in [3.63, 3.8) is 0 Å². The van der Waals surface area contributed by atoms with Crippen LogP contribution in [0.4, 0.5) is 5.69 Å². The number of benzene rings is 2. The summed E-state index contributed by atoms with van der Waals surface area (Å²) in [5.74, 6) is -0.00543. The summed E-state index contributed by atoms with van der Waals surface area (Å²) >= 11 is 1.48. The Morgan fingerprint density at radius 1 is 1.17 bits per heavy atom. The van der Waals surface area contributed by atoms with E-state index in [1.807, 2.05) is 61.5 Å². The lowest BCUT2D eigenvalue weighted by atomic mass is 9.99. The molecule has 0 bridgehead atoms. The van der Waals surface area contributed by atoms with Crippen LogP contribution in [-0.2, 0) is 19.2 Å². The average Bonchev–Trinajstić information content (AvgIpc) is 2.93. The molecular formula is C19H19NO3S. The van der Waals surface area contributed by atoms with E-state index >= 15 is 0 Å². The highest BCUT2D eigenvalue weighted by Gasteiger charge is 2.50. The van der Waals surface area contributed by atoms with Crippen LogP contribution in [-0.4, -0.2) is 24.7 Å². The van der Waals surface area contributed by atoms with Crippen molar-refractivity contribution >= 4 is 29.3 Å². The number of carbonyl (C=O) groups excluding carboxylic acids is 2. The summed E-state index contributed by atoms with van der Waals surface area (Å²) in [6.07, 6.45) is 0.109. The number of anilines is 1. The van der Waals surface area contributed by atoms with Crippen LogP contribution in [0.5, 0.6) is 0 Å². The molecule has 1 atom stereocenters. The van der Waals surface area contributed by atoms with E-state index < -0.39 is 4.87 Å². The summed E-state index contributed by atoms with van der Waals surface area (Å²) in [7, 11) is 1.37. The number of para-hydroxylation sites is 1. The third-order valence-electron chi connectivity index (χ3n) is 4.17. The van der Waals surface area contributed by atoms with Crippen molar-refractivity contribution in [1.82, 2.24) is 0 Å². The van der Waals surface area contributed by atoms with Gasteiger partial charge in [-0.3, -0.25) is 14.5 Å². The van der Waals surface area contributed by atoms with Gasteiger partial charge in [0.2, 0.25) is 5.91 Å². The van der Waals surface area contributed by atoms with Gasteiger partial charge in [0.05, 0.1) is 19.3 Å². The van der Waals surface area contributed by atoms with Crippen molar-refractivity contribution < 1.29 is 14.3 Å². The van der Waals surface area contributed by atoms with Crippen LogP contribution in [0.3, 0.4) is 0 Å². The van der Waals surface area contributed by atoms with Gasteiger partial charge in [0, 0.05) is 5.69 Å². The Hall–Kier alpha value is -2.27. The van der Waals surface area contributed by atoms with Crippen LogP contribution >= 0.6 is 11.8 Å². The van der Waals surface area contributed by atoms with E-state index in [4.69, 9.17) is 4.74 Å². The summed E-state index contributed by atoms with van der Waals surface area (Å²) in [6.45, 7) is 2.01. The van der Waals surface area contributed by atoms with Crippen LogP contribution in [0.25, 0.3) is 0 Å². The lowest BCUT2D eigenvalue weighted by Crippen LogP contribution is -2.44. The van der Waals surface area contributed by atoms with E-state index in [-0.39, 0.29) is 18.3 Å². The molecule has 1 heterocycles. The number of ether oxygens (including phenoxy) is 1. The molecule has 4 nitrogen and oxygen atoms in total. The first-order valence-corrected chi connectivity index (χ1v) is 8.71. The number of hydrogen-bond acceptors (Lipinski definition) is 4. The smallest absolute Gasteiger partial charge is 0.309 e. The summed E-state index contributed by atoms with van der Waals surface area (Å²) in [5, 5.41) is 0. The number of methoxy groups -OCH3 is 1. The molecular weight excluding hydrogens is 322 g/mol. The Labute approximate surface area is 145 Å². The molecule has 0 radical (unpaired) electrons. The Morgan fingerprint density at radius 3 is 2.46 bits per heavy atom. The van der Waals surface area contributed by atoms with Gasteiger partial charge in [0.15, 0.2) is 0 Å². The minimum absolute atomic E-state index is 0.00400. The molecule has 5 heteroatoms. The molecule has 2 aromatic rings. The van der Waals surface area contributed by atoms with Crippen LogP contribution < -0.4 is 4.90 Å². The molecule has 1 amide bonds. The first-order valence-electron chi connectivity index (χ1n) is 7.73. The number of thioether (sulfide) groups is 1. The second kappa shape index (κ2) is 6.69. The molecule has 124 valence electrons. The summed E-state index contributed by atoms with van der Waals surface area (Å²) < 4.78 is 4.91. The molecule has 2 aromatic carbocycles. The number of hydrogen-bond donors (Lipinski definition) is 0. The quantitative estimate of drug-likeness (QED) is 0.799. The van der Waals surface area contributed by atoms with Gasteiger partial charge in [-0.1, -0.05) is 48.0 Å². The zero-order valence-corrected chi connectivity index (χ0v) is 14.5. The van der Waals surface area contributed by atoms with Gasteiger partial charge in [0.25, 0.3) is 0 Å². The van der Waals surface area contributed by atoms with Crippen LogP contribution in [0.2, 0.25) is 0 Å². The Balaban J connectivity index is 2.14. The van der Waals surface area contributed by atoms with Crippen molar-refractivity contribution in [2.75, 3.05) is 17.8 Å². The lowest BCUT2D eigenvalue weighted by molar-refractivity contribution is -0.141. The molecule has 0 saturated carbocycles. The van der Waals surface area contributed by atoms with E-state index in [0.29, 0.717) is 5.75 Å². The highest BCUT2D eigenvalue weighted by Crippen LogP contribution is 2.50. The van der Waals surface area contributed by atoms with Crippen molar-refractivity contribution in [2.45, 2.75) is 18.2 Å². The summed E-state index contributed by atoms with van der Waals surface area (Å²) in [6, 6.07) is 17.5. The molecule has 0 aliphatic carbocycles. The first kappa shape index (κ1) is 16.6. The third-order valence-corrected chi connectivity index (χ3v) is 5.61. The number of nitrogens with zero attached hydrogens (tertiary/aromatic N) is 1. The Kier molecular flexibility index (Phi) is 4.62. The predicted octanol–water partition coefficient (Wildman–Crippen LogP) is 3.49. The number of carbonyl (C=O) groups is 2. The van der Waals surface area contributed by atoms with Crippen LogP contribution in [0.1, 0.15) is 17.5 Å². The number of esters is 1. The number of aryl methyl sites for hydroxylation is 1. The lowest BCUT2D eigenvalue weighted by Gasteiger charge is -2.37. The second-order valence-electron chi connectivity index (χ2n) is 5.76. The topological polar surface area (TPSA) is 46.6 Å². The molecule has 1 aliphatic heterocycles. The van der Waals surface area contributed by atoms with E-state index in [2.05, 4.69) is 0 Å². The molecule has 1 unspecified atom stereocenters. The van der Waals surface area contributed by atoms with Gasteiger partial charge in [-0.25, -0.2) is 0 Å². The highest BCUT2D eigenvalue weighted by atomic mass is 32.2. The molecule has 0 spiro atoms. The SMILES string of the molecule is COC(=O)CC1(c2ccc(C)cc2)SCC(=O)N1c1ccccc1. The Bertz CT molecular complexity index is 745. The second-order valence-corrected chi connectivity index (χ2v) is 7.01. The molecule has 1 fully saturated rings. The van der Waals surface area contributed by atoms with Crippen molar-refractivity contribution in [3.05, 3.63) is 65.7 Å². The fraction of sp³-hybridized carbons (Fsp3) is 0.263. The maximum Gasteiger partial charge on any atom is 0.309 e. The van der Waals surface area contributed by atoms with Gasteiger partial charge >= 0.3 is 5.97 Å². The maximum atomic E-state index is 12.7. The normalized spacial score (nSPS) is 20.2. The average molecular weight is 341 g/mol. The van der Waals surface area contributed by atoms with Crippen molar-refractivity contribution in [1.29, 1.82) is 0 Å². The summed E-state index contributed by atoms with van der Waals surface area (Å²) in [5.41, 5.74) is 2.85. The van der Waals surface area contributed by atoms with E-state index in [9.17, 15) is 9.59 Å². The van der Waals surface area contributed by atoms with E-state index in [0.717, 1.165) is 16.8 Å². The molecule has 1 aliphatic rings. The van der Waals surface area contributed by atoms with Gasteiger partial charge in [0.1, 0.15) is 4.87 Å². The zero-order chi connectivity index (χ0) is 17.2. The van der Waals surface area contributed by atoms with Crippen molar-refractivity contribution in [3.8, 4) is 0 Å². The molecule has 1 saturated heterocycles. The van der Waals surface area contributed by atoms with E-state index in [1.54, 1.807) is 4.90 Å². The minimum atomic E-state index is -0.779. The van der Waals surface area contributed by atoms with Gasteiger partial charge < -0.3 is 4.74 Å². The monoisotopic (exact) mass is 341 g/mol. The summed E-state index contributed by atoms with van der Waals surface area (Å²) in [4.78, 5) is 25.7. The molecule has 0 N–H and O–H groups in total. The standard InChI is InChI=1S/C19H19NO3S/c1-14-8-10-15(11-9-14)19(12-18(22)23-2)20(17(21)13-24-19)16-6-4-3-5-7-16/h3-11H,12-13H2,1-2H3. The number of rotatable bonds is 4. The predicted molar refractivity (Wildman–Crippen MR) is 95.9 cm³/mol. The van der Waals surface area contributed by atoms with E-state index in [1.165, 1.54) is 18.9 Å². The third kappa shape index (κ3) is 2.91. The largest absolute Gasteiger partial charge is 0.469 e. The highest BCUT2D eigenvalue weighted by molar-refractivity contribution is 8.01. The first-order chi connectivity index (χ1) is 11.6. The van der Waals surface area contributed by atoms with Crippen LogP contribution in [0.15, 0.2) is 54.6 Å². The number of amides is 1. The fourth-order valence-electron chi connectivity index (χ4n) is 2.97. The molecule has 0 aromatic heterocycles. The van der Waals surface area contributed by atoms with Gasteiger partial charge in [-0.15, -0.1) is 11.8 Å². The molecule has 3 rings (SSSR count). The maximum absolute atomic E-state index is 12.7. The van der Waals surface area contributed by atoms with Gasteiger partial charge in [-0.05, 0) is 24.6 Å².